The largest absolute Gasteiger partial charge is 0.416 e. The number of nitrogens with zero attached hydrogens (tertiary/aromatic N) is 8. The Bertz CT molecular complexity index is 5470. The second-order valence-electron chi connectivity index (χ2n) is 23.2. The number of rotatable bonds is 11. The third-order valence-electron chi connectivity index (χ3n) is 17.6. The fraction of sp³-hybridized carbons (Fsp3) is 0.0120. The highest BCUT2D eigenvalue weighted by Gasteiger charge is 2.32. The summed E-state index contributed by atoms with van der Waals surface area (Å²) < 4.78 is 49.7. The van der Waals surface area contributed by atoms with Crippen LogP contribution >= 0.6 is 0 Å². The Labute approximate surface area is 538 Å². The van der Waals surface area contributed by atoms with Crippen LogP contribution in [0.4, 0.5) is 13.2 Å². The van der Waals surface area contributed by atoms with Crippen molar-refractivity contribution in [2.75, 3.05) is 0 Å². The number of nitriles is 2. The molecule has 0 saturated carbocycles. The zero-order valence-electron chi connectivity index (χ0n) is 50.0. The third kappa shape index (κ3) is 10.3. The van der Waals surface area contributed by atoms with E-state index < -0.39 is 11.7 Å². The van der Waals surface area contributed by atoms with E-state index in [-0.39, 0.29) is 22.3 Å². The lowest BCUT2D eigenvalue weighted by molar-refractivity contribution is -0.137. The number of alkyl halides is 3. The van der Waals surface area contributed by atoms with Gasteiger partial charge in [-0.05, 0) is 153 Å². The Balaban J connectivity index is 1.03. The number of pyridine rings is 4. The van der Waals surface area contributed by atoms with Crippen molar-refractivity contribution in [3.63, 3.8) is 0 Å². The van der Waals surface area contributed by atoms with Crippen LogP contribution in [-0.4, -0.2) is 29.1 Å². The number of hydrogen-bond donors (Lipinski definition) is 0. The average molecular weight is 1220 g/mol. The van der Waals surface area contributed by atoms with E-state index in [0.717, 1.165) is 145 Å². The molecule has 11 heteroatoms. The molecule has 0 unspecified atom stereocenters. The molecule has 94 heavy (non-hydrogen) atoms. The summed E-state index contributed by atoms with van der Waals surface area (Å²) in [7, 11) is 0. The molecule has 0 fully saturated rings. The molecular formula is C83H49F3N8. The zero-order valence-corrected chi connectivity index (χ0v) is 50.0. The molecule has 0 aliphatic carbocycles. The van der Waals surface area contributed by atoms with Gasteiger partial charge in [0, 0.05) is 74.1 Å². The highest BCUT2D eigenvalue weighted by Crippen LogP contribution is 2.46. The van der Waals surface area contributed by atoms with Gasteiger partial charge in [-0.15, -0.1) is 0 Å². The molecule has 6 heterocycles. The van der Waals surface area contributed by atoms with Crippen LogP contribution in [0.5, 0.6) is 0 Å². The highest BCUT2D eigenvalue weighted by atomic mass is 19.4. The van der Waals surface area contributed by atoms with Crippen molar-refractivity contribution in [3.8, 4) is 124 Å². The second-order valence-corrected chi connectivity index (χ2v) is 23.2. The van der Waals surface area contributed by atoms with E-state index in [1.807, 2.05) is 183 Å². The second kappa shape index (κ2) is 23.2. The number of benzene rings is 10. The highest BCUT2D eigenvalue weighted by molar-refractivity contribution is 6.14. The maximum absolute atomic E-state index is 15.1. The molecule has 6 aromatic heterocycles. The predicted molar refractivity (Wildman–Crippen MR) is 370 cm³/mol. The van der Waals surface area contributed by atoms with Crippen molar-refractivity contribution in [2.24, 2.45) is 0 Å². The van der Waals surface area contributed by atoms with E-state index in [2.05, 4.69) is 112 Å². The Morgan fingerprint density at radius 3 is 0.915 bits per heavy atom. The van der Waals surface area contributed by atoms with E-state index in [1.165, 1.54) is 6.07 Å². The summed E-state index contributed by atoms with van der Waals surface area (Å²) >= 11 is 0. The molecule has 10 aromatic carbocycles. The molecule has 8 nitrogen and oxygen atoms in total. The molecule has 16 rings (SSSR count). The van der Waals surface area contributed by atoms with Crippen LogP contribution in [0.15, 0.2) is 298 Å². The minimum Gasteiger partial charge on any atom is -0.307 e. The smallest absolute Gasteiger partial charge is 0.307 e. The van der Waals surface area contributed by atoms with Gasteiger partial charge >= 0.3 is 6.18 Å². The van der Waals surface area contributed by atoms with E-state index in [0.29, 0.717) is 11.4 Å². The van der Waals surface area contributed by atoms with Crippen molar-refractivity contribution >= 4 is 43.6 Å². The maximum atomic E-state index is 15.1. The van der Waals surface area contributed by atoms with Crippen molar-refractivity contribution in [3.05, 3.63) is 314 Å². The summed E-state index contributed by atoms with van der Waals surface area (Å²) in [5.74, 6) is 0. The zero-order chi connectivity index (χ0) is 63.4. The fourth-order valence-electron chi connectivity index (χ4n) is 13.1. The van der Waals surface area contributed by atoms with Crippen LogP contribution in [0.25, 0.3) is 156 Å². The number of hydrogen-bond acceptors (Lipinski definition) is 6. The summed E-state index contributed by atoms with van der Waals surface area (Å²) in [6, 6.07) is 93.3. The number of halogens is 3. The third-order valence-corrected chi connectivity index (χ3v) is 17.6. The molecule has 0 amide bonds. The topological polar surface area (TPSA) is 109 Å². The summed E-state index contributed by atoms with van der Waals surface area (Å²) in [5.41, 5.74) is 17.6. The lowest BCUT2D eigenvalue weighted by Crippen LogP contribution is -2.07. The van der Waals surface area contributed by atoms with E-state index in [4.69, 9.17) is 19.9 Å². The quantitative estimate of drug-likeness (QED) is 0.128. The van der Waals surface area contributed by atoms with Crippen LogP contribution < -0.4 is 0 Å². The molecule has 0 aliphatic rings. The van der Waals surface area contributed by atoms with Crippen molar-refractivity contribution < 1.29 is 13.2 Å². The Kier molecular flexibility index (Phi) is 13.9. The molecule has 0 bridgehead atoms. The van der Waals surface area contributed by atoms with Gasteiger partial charge in [-0.1, -0.05) is 170 Å². The van der Waals surface area contributed by atoms with Crippen LogP contribution in [0, 0.1) is 22.7 Å². The molecule has 0 aliphatic heterocycles. The number of fused-ring (bicyclic) bond motifs is 6. The molecular weight excluding hydrogens is 1170 g/mol. The molecule has 442 valence electrons. The first kappa shape index (κ1) is 56.4. The van der Waals surface area contributed by atoms with Gasteiger partial charge in [0.05, 0.1) is 85.0 Å². The number of aromatic nitrogens is 6. The minimum absolute atomic E-state index is 0.0546. The first-order chi connectivity index (χ1) is 46.1. The first-order valence-electron chi connectivity index (χ1n) is 30.6. The minimum atomic E-state index is -4.82. The standard InChI is InChI=1S/C83H49F3N8/c84-83(85,86)67-38-52(50-87)37-65(39-67)72-49-82(94-79-46-59(63-31-35-91-75(42-63)55-17-9-3-10-18-55)23-27-70(79)71-28-24-60(47-80(71)94)64-32-36-92-76(43-64)56-19-11-4-12-20-56)81(48-66(72)51-88)93-77-44-57(61-29-33-89-73(40-61)53-13-5-1-6-14-53)21-25-68(77)69-26-22-58(45-78(69)93)62-30-34-90-74(41-62)54-15-7-2-8-16-54/h1-49H. The predicted octanol–water partition coefficient (Wildman–Crippen LogP) is 21.2. The normalized spacial score (nSPS) is 11.5. The van der Waals surface area contributed by atoms with Crippen LogP contribution in [0.1, 0.15) is 16.7 Å². The first-order valence-corrected chi connectivity index (χ1v) is 30.6. The van der Waals surface area contributed by atoms with Gasteiger partial charge in [-0.25, -0.2) is 0 Å². The summed E-state index contributed by atoms with van der Waals surface area (Å²) in [6.07, 6.45) is 2.44. The Morgan fingerprint density at radius 1 is 0.287 bits per heavy atom. The van der Waals surface area contributed by atoms with Gasteiger partial charge in [-0.3, -0.25) is 19.9 Å². The molecule has 0 saturated heterocycles. The van der Waals surface area contributed by atoms with Gasteiger partial charge in [0.25, 0.3) is 0 Å². The summed E-state index contributed by atoms with van der Waals surface area (Å²) in [5, 5.41) is 25.7. The Morgan fingerprint density at radius 2 is 0.606 bits per heavy atom. The molecule has 16 aromatic rings. The van der Waals surface area contributed by atoms with E-state index >= 15 is 13.2 Å². The molecule has 0 radical (unpaired) electrons. The van der Waals surface area contributed by atoms with Crippen LogP contribution in [0.3, 0.4) is 0 Å². The maximum Gasteiger partial charge on any atom is 0.416 e. The lowest BCUT2D eigenvalue weighted by Gasteiger charge is -2.21. The van der Waals surface area contributed by atoms with E-state index in [1.54, 1.807) is 6.07 Å². The molecule has 0 spiro atoms. The Hall–Kier alpha value is -12.8. The van der Waals surface area contributed by atoms with Crippen molar-refractivity contribution in [1.29, 1.82) is 10.5 Å². The van der Waals surface area contributed by atoms with Gasteiger partial charge in [0.2, 0.25) is 0 Å². The lowest BCUT2D eigenvalue weighted by atomic mass is 9.94. The van der Waals surface area contributed by atoms with Crippen molar-refractivity contribution in [2.45, 2.75) is 6.18 Å². The van der Waals surface area contributed by atoms with Gasteiger partial charge in [-0.2, -0.15) is 23.7 Å². The molecule has 0 atom stereocenters. The average Bonchev–Trinajstić information content (AvgIpc) is 1.54. The monoisotopic (exact) mass is 1210 g/mol. The van der Waals surface area contributed by atoms with Crippen LogP contribution in [-0.2, 0) is 6.18 Å². The van der Waals surface area contributed by atoms with Gasteiger partial charge < -0.3 is 9.13 Å². The van der Waals surface area contributed by atoms with Crippen molar-refractivity contribution in [1.82, 2.24) is 29.1 Å². The van der Waals surface area contributed by atoms with Gasteiger partial charge in [0.1, 0.15) is 0 Å². The SMILES string of the molecule is N#Cc1cc(-c2cc(-n3c4cc(-c5ccnc(-c6ccccc6)c5)ccc4c4ccc(-c5ccnc(-c6ccccc6)c5)cc43)c(-n3c4cc(-c5ccnc(-c6ccccc6)c5)ccc4c4ccc(-c5ccnc(-c6ccccc6)c5)cc43)cc2C#N)cc(C(F)(F)F)c1. The molecule has 0 N–H and O–H groups in total. The van der Waals surface area contributed by atoms with Gasteiger partial charge in [0.15, 0.2) is 0 Å². The summed E-state index contributed by atoms with van der Waals surface area (Å²) in [4.78, 5) is 19.2. The summed E-state index contributed by atoms with van der Waals surface area (Å²) in [6.45, 7) is 0. The fourth-order valence-corrected chi connectivity index (χ4v) is 13.1. The van der Waals surface area contributed by atoms with E-state index in [9.17, 15) is 10.5 Å². The van der Waals surface area contributed by atoms with Crippen LogP contribution in [0.2, 0.25) is 0 Å².